The Morgan fingerprint density at radius 1 is 1.12 bits per heavy atom. The molecule has 0 radical (unpaired) electrons. The number of aromatic nitrogens is 2. The van der Waals surface area contributed by atoms with E-state index in [0.717, 1.165) is 18.2 Å². The van der Waals surface area contributed by atoms with Gasteiger partial charge in [0, 0.05) is 36.1 Å². The zero-order chi connectivity index (χ0) is 29.0. The molecule has 214 valence electrons. The van der Waals surface area contributed by atoms with Crippen LogP contribution in [0.3, 0.4) is 0 Å². The Bertz CT molecular complexity index is 1550. The minimum absolute atomic E-state index is 0.0153. The van der Waals surface area contributed by atoms with Crippen LogP contribution >= 0.6 is 11.6 Å². The molecular weight excluding hydrogens is 568 g/mol. The predicted octanol–water partition coefficient (Wildman–Crippen LogP) is 3.39. The fraction of sp³-hybridized carbons (Fsp3) is 0.407. The number of aliphatic hydroxyl groups is 3. The van der Waals surface area contributed by atoms with E-state index in [4.69, 9.17) is 11.6 Å². The largest absolute Gasteiger partial charge is 0.387 e. The molecular formula is C27H28ClF2N3O6S. The van der Waals surface area contributed by atoms with Crippen LogP contribution in [0.1, 0.15) is 47.7 Å². The number of benzene rings is 2. The van der Waals surface area contributed by atoms with Crippen LogP contribution in [-0.4, -0.2) is 56.4 Å². The van der Waals surface area contributed by atoms with E-state index in [2.05, 4.69) is 10.4 Å². The number of rotatable bonds is 7. The second-order valence-electron chi connectivity index (χ2n) is 10.6. The standard InChI is InChI=1S/C27H28ClF2N3O6S/c1-33-13-15(12-31-33)24(34)25(35)27(37)16-3-4-17(27)10-19(9-16)40(38,39)23-8-14(2-6-20(23)28)26(36)32-18-5-7-21(29)22(30)11-18/h2,5-8,11-13,16-17,19,24-25,34-35,37H,3-4,9-10H2,1H3,(H,32,36). The van der Waals surface area contributed by atoms with Gasteiger partial charge in [-0.25, -0.2) is 17.2 Å². The highest BCUT2D eigenvalue weighted by atomic mass is 35.5. The highest BCUT2D eigenvalue weighted by Crippen LogP contribution is 2.55. The molecule has 4 atom stereocenters. The average molecular weight is 596 g/mol. The van der Waals surface area contributed by atoms with Crippen molar-refractivity contribution in [3.8, 4) is 0 Å². The molecule has 2 bridgehead atoms. The summed E-state index contributed by atoms with van der Waals surface area (Å²) in [7, 11) is -2.44. The topological polar surface area (TPSA) is 142 Å². The number of anilines is 1. The van der Waals surface area contributed by atoms with Gasteiger partial charge < -0.3 is 20.6 Å². The predicted molar refractivity (Wildman–Crippen MR) is 141 cm³/mol. The number of carbonyl (C=O) groups is 1. The van der Waals surface area contributed by atoms with Gasteiger partial charge in [0.05, 0.1) is 27.0 Å². The Morgan fingerprint density at radius 3 is 2.40 bits per heavy atom. The van der Waals surface area contributed by atoms with Crippen LogP contribution < -0.4 is 5.32 Å². The zero-order valence-electron chi connectivity index (χ0n) is 21.3. The summed E-state index contributed by atoms with van der Waals surface area (Å²) in [6.45, 7) is 0. The molecule has 2 aliphatic carbocycles. The molecule has 2 aromatic carbocycles. The highest BCUT2D eigenvalue weighted by Gasteiger charge is 2.60. The summed E-state index contributed by atoms with van der Waals surface area (Å²) >= 11 is 6.28. The molecule has 0 aliphatic heterocycles. The van der Waals surface area contributed by atoms with Crippen LogP contribution in [0.25, 0.3) is 0 Å². The van der Waals surface area contributed by atoms with Crippen molar-refractivity contribution in [2.24, 2.45) is 18.9 Å². The van der Waals surface area contributed by atoms with Crippen LogP contribution in [0, 0.1) is 23.5 Å². The molecule has 3 aromatic rings. The molecule has 13 heteroatoms. The van der Waals surface area contributed by atoms with Gasteiger partial charge in [0.15, 0.2) is 21.5 Å². The molecule has 1 aromatic heterocycles. The van der Waals surface area contributed by atoms with Gasteiger partial charge in [-0.05, 0) is 67.9 Å². The molecule has 0 spiro atoms. The van der Waals surface area contributed by atoms with Crippen molar-refractivity contribution in [3.05, 3.63) is 76.6 Å². The number of halogens is 3. The molecule has 4 N–H and O–H groups in total. The summed E-state index contributed by atoms with van der Waals surface area (Å²) in [5.41, 5.74) is -1.43. The summed E-state index contributed by atoms with van der Waals surface area (Å²) in [4.78, 5) is 12.5. The number of aryl methyl sites for hydroxylation is 1. The number of nitrogens with one attached hydrogen (secondary N) is 1. The SMILES string of the molecule is Cn1cc(C(O)C(O)C2(O)C3CCC2CC(S(=O)(=O)c2cc(C(=O)Nc4ccc(F)c(F)c4)ccc2Cl)C3)cn1. The molecule has 1 heterocycles. The molecule has 4 unspecified atom stereocenters. The smallest absolute Gasteiger partial charge is 0.255 e. The molecule has 2 aliphatic rings. The van der Waals surface area contributed by atoms with Crippen molar-refractivity contribution in [1.29, 1.82) is 0 Å². The molecule has 2 fully saturated rings. The van der Waals surface area contributed by atoms with Crippen molar-refractivity contribution >= 4 is 33.0 Å². The van der Waals surface area contributed by atoms with Gasteiger partial charge >= 0.3 is 0 Å². The number of carbonyl (C=O) groups excluding carboxylic acids is 1. The maximum Gasteiger partial charge on any atom is 0.255 e. The number of hydrogen-bond donors (Lipinski definition) is 4. The summed E-state index contributed by atoms with van der Waals surface area (Å²) in [6, 6.07) is 6.55. The van der Waals surface area contributed by atoms with E-state index in [1.807, 2.05) is 0 Å². The van der Waals surface area contributed by atoms with Gasteiger partial charge in [-0.2, -0.15) is 5.10 Å². The first kappa shape index (κ1) is 28.6. The first-order chi connectivity index (χ1) is 18.8. The summed E-state index contributed by atoms with van der Waals surface area (Å²) in [6.07, 6.45) is 0.948. The van der Waals surface area contributed by atoms with Crippen LogP contribution in [-0.2, 0) is 16.9 Å². The molecule has 0 saturated heterocycles. The molecule has 40 heavy (non-hydrogen) atoms. The van der Waals surface area contributed by atoms with Gasteiger partial charge in [-0.1, -0.05) is 11.6 Å². The second-order valence-corrected chi connectivity index (χ2v) is 13.2. The highest BCUT2D eigenvalue weighted by molar-refractivity contribution is 7.92. The number of fused-ring (bicyclic) bond motifs is 2. The average Bonchev–Trinajstić information content (AvgIpc) is 3.39. The normalized spacial score (nSPS) is 25.9. The number of nitrogens with zero attached hydrogens (tertiary/aromatic N) is 2. The lowest BCUT2D eigenvalue weighted by atomic mass is 9.69. The van der Waals surface area contributed by atoms with E-state index in [1.165, 1.54) is 35.3 Å². The first-order valence-corrected chi connectivity index (χ1v) is 14.6. The lowest BCUT2D eigenvalue weighted by Crippen LogP contribution is -2.57. The van der Waals surface area contributed by atoms with Crippen molar-refractivity contribution in [2.75, 3.05) is 5.32 Å². The maximum absolute atomic E-state index is 13.8. The third-order valence-corrected chi connectivity index (χ3v) is 10.9. The van der Waals surface area contributed by atoms with Crippen molar-refractivity contribution in [2.45, 2.75) is 53.6 Å². The van der Waals surface area contributed by atoms with Crippen molar-refractivity contribution in [3.63, 3.8) is 0 Å². The quantitative estimate of drug-likeness (QED) is 0.328. The molecule has 2 saturated carbocycles. The fourth-order valence-electron chi connectivity index (χ4n) is 6.13. The third kappa shape index (κ3) is 4.92. The Kier molecular flexibility index (Phi) is 7.51. The molecule has 1 amide bonds. The number of aliphatic hydroxyl groups excluding tert-OH is 2. The van der Waals surface area contributed by atoms with Gasteiger partial charge in [-0.15, -0.1) is 0 Å². The maximum atomic E-state index is 13.8. The van der Waals surface area contributed by atoms with Crippen LogP contribution in [0.5, 0.6) is 0 Å². The molecule has 5 rings (SSSR count). The summed E-state index contributed by atoms with van der Waals surface area (Å²) in [5, 5.41) is 38.8. The van der Waals surface area contributed by atoms with Crippen molar-refractivity contribution < 1.29 is 37.3 Å². The van der Waals surface area contributed by atoms with E-state index >= 15 is 0 Å². The number of sulfone groups is 1. The Balaban J connectivity index is 1.37. The van der Waals surface area contributed by atoms with Gasteiger partial charge in [0.25, 0.3) is 5.91 Å². The Hall–Kier alpha value is -2.90. The molecule has 9 nitrogen and oxygen atoms in total. The second kappa shape index (κ2) is 10.5. The Morgan fingerprint density at radius 2 is 1.80 bits per heavy atom. The van der Waals surface area contributed by atoms with E-state index in [9.17, 15) is 37.3 Å². The lowest BCUT2D eigenvalue weighted by Gasteiger charge is -2.46. The zero-order valence-corrected chi connectivity index (χ0v) is 22.9. The van der Waals surface area contributed by atoms with Crippen molar-refractivity contribution in [1.82, 2.24) is 9.78 Å². The minimum Gasteiger partial charge on any atom is -0.387 e. The van der Waals surface area contributed by atoms with Crippen LogP contribution in [0.2, 0.25) is 5.02 Å². The monoisotopic (exact) mass is 595 g/mol. The van der Waals surface area contributed by atoms with Crippen LogP contribution in [0.4, 0.5) is 14.5 Å². The lowest BCUT2D eigenvalue weighted by molar-refractivity contribution is -0.177. The summed E-state index contributed by atoms with van der Waals surface area (Å²) < 4.78 is 55.8. The number of hydrogen-bond acceptors (Lipinski definition) is 7. The van der Waals surface area contributed by atoms with Gasteiger partial charge in [-0.3, -0.25) is 9.48 Å². The Labute approximate surface area is 234 Å². The van der Waals surface area contributed by atoms with E-state index in [1.54, 1.807) is 7.05 Å². The first-order valence-electron chi connectivity index (χ1n) is 12.7. The van der Waals surface area contributed by atoms with Gasteiger partial charge in [0.2, 0.25) is 0 Å². The number of amides is 1. The fourth-order valence-corrected chi connectivity index (χ4v) is 8.53. The summed E-state index contributed by atoms with van der Waals surface area (Å²) in [5.74, 6) is -4.19. The van der Waals surface area contributed by atoms with Gasteiger partial charge in [0.1, 0.15) is 12.2 Å². The van der Waals surface area contributed by atoms with E-state index in [0.29, 0.717) is 18.4 Å². The van der Waals surface area contributed by atoms with E-state index < -0.39 is 62.3 Å². The minimum atomic E-state index is -4.09. The van der Waals surface area contributed by atoms with Crippen LogP contribution in [0.15, 0.2) is 53.7 Å². The van der Waals surface area contributed by atoms with E-state index in [-0.39, 0.29) is 34.0 Å². The third-order valence-electron chi connectivity index (χ3n) is 8.22.